The molecule has 0 unspecified atom stereocenters. The van der Waals surface area contributed by atoms with Gasteiger partial charge in [-0.25, -0.2) is 4.98 Å². The van der Waals surface area contributed by atoms with Crippen LogP contribution in [0.3, 0.4) is 0 Å². The molecule has 1 aliphatic heterocycles. The molecule has 0 aromatic carbocycles. The molecule has 1 aromatic heterocycles. The van der Waals surface area contributed by atoms with Crippen LogP contribution in [0.2, 0.25) is 0 Å². The van der Waals surface area contributed by atoms with Gasteiger partial charge in [-0.3, -0.25) is 4.79 Å². The highest BCUT2D eigenvalue weighted by Crippen LogP contribution is 2.75. The van der Waals surface area contributed by atoms with Gasteiger partial charge in [0, 0.05) is 29.9 Å². The van der Waals surface area contributed by atoms with E-state index in [0.29, 0.717) is 50.0 Å². The van der Waals surface area contributed by atoms with Crippen molar-refractivity contribution in [3.05, 3.63) is 27.7 Å². The van der Waals surface area contributed by atoms with Crippen LogP contribution >= 0.6 is 11.3 Å². The number of carboxylic acids is 1. The zero-order chi connectivity index (χ0) is 31.9. The van der Waals surface area contributed by atoms with Gasteiger partial charge in [-0.15, -0.1) is 11.3 Å². The Balaban J connectivity index is 1.36. The van der Waals surface area contributed by atoms with Crippen LogP contribution < -0.4 is 5.73 Å². The highest BCUT2D eigenvalue weighted by atomic mass is 32.1. The highest BCUT2D eigenvalue weighted by Gasteiger charge is 2.71. The lowest BCUT2D eigenvalue weighted by atomic mass is 9.34. The summed E-state index contributed by atoms with van der Waals surface area (Å²) in [6, 6.07) is 0. The number of ether oxygens (including phenoxy) is 3. The molecule has 246 valence electrons. The van der Waals surface area contributed by atoms with Gasteiger partial charge in [-0.2, -0.15) is 0 Å². The Morgan fingerprint density at radius 2 is 1.91 bits per heavy atom. The van der Waals surface area contributed by atoms with Crippen LogP contribution in [-0.2, 0) is 32.2 Å². The summed E-state index contributed by atoms with van der Waals surface area (Å²) in [5.74, 6) is 0.563. The molecule has 7 nitrogen and oxygen atoms in total. The van der Waals surface area contributed by atoms with E-state index >= 15 is 0 Å². The number of thiazole rings is 1. The maximum absolute atomic E-state index is 13.3. The van der Waals surface area contributed by atoms with Crippen LogP contribution in [0.4, 0.5) is 0 Å². The van der Waals surface area contributed by atoms with Gasteiger partial charge in [0.05, 0.1) is 43.6 Å². The largest absolute Gasteiger partial charge is 0.481 e. The third kappa shape index (κ3) is 4.40. The number of methoxy groups -OCH3 is 1. The van der Waals surface area contributed by atoms with Crippen LogP contribution in [0.25, 0.3) is 0 Å². The SMILES string of the molecule is CO[C@@H]1C[C@]23COC[C@@](C)([C@@H]2CC[C@H]2C3=CC[C@@]3(C)[C@H](C(=O)O)[C@@](C)([C@H](C)C(C)C)CC[C@]23C)[C@H]1OCc1csc(CN)n1. The quantitative estimate of drug-likeness (QED) is 0.296. The fourth-order valence-corrected chi connectivity index (χ4v) is 12.4. The smallest absolute Gasteiger partial charge is 0.307 e. The minimum atomic E-state index is -0.610. The Hall–Kier alpha value is -1.32. The fraction of sp³-hybridized carbons (Fsp3) is 0.833. The Bertz CT molecular complexity index is 1300. The Morgan fingerprint density at radius 3 is 2.55 bits per heavy atom. The van der Waals surface area contributed by atoms with E-state index in [1.807, 2.05) is 12.5 Å². The Morgan fingerprint density at radius 1 is 1.16 bits per heavy atom. The van der Waals surface area contributed by atoms with Crippen molar-refractivity contribution in [1.29, 1.82) is 0 Å². The average molecular weight is 629 g/mol. The van der Waals surface area contributed by atoms with Crippen molar-refractivity contribution >= 4 is 17.3 Å². The first kappa shape index (κ1) is 32.6. The van der Waals surface area contributed by atoms with E-state index in [0.717, 1.165) is 49.2 Å². The van der Waals surface area contributed by atoms with E-state index in [9.17, 15) is 9.90 Å². The normalized spacial score (nSPS) is 45.6. The molecule has 0 spiro atoms. The van der Waals surface area contributed by atoms with Crippen molar-refractivity contribution in [2.45, 2.75) is 112 Å². The summed E-state index contributed by atoms with van der Waals surface area (Å²) in [6.07, 6.45) is 8.27. The molecule has 11 atom stereocenters. The zero-order valence-electron chi connectivity index (χ0n) is 28.3. The summed E-state index contributed by atoms with van der Waals surface area (Å²) in [4.78, 5) is 18.0. The molecule has 2 bridgehead atoms. The second kappa shape index (κ2) is 11.1. The molecule has 3 saturated carbocycles. The zero-order valence-corrected chi connectivity index (χ0v) is 29.1. The number of nitrogens with two attached hydrogens (primary N) is 1. The summed E-state index contributed by atoms with van der Waals surface area (Å²) < 4.78 is 19.6. The van der Waals surface area contributed by atoms with Gasteiger partial charge in [-0.05, 0) is 78.4 Å². The van der Waals surface area contributed by atoms with Gasteiger partial charge in [0.2, 0.25) is 0 Å². The molecule has 4 aliphatic carbocycles. The van der Waals surface area contributed by atoms with E-state index < -0.39 is 5.97 Å². The molecule has 8 heteroatoms. The molecular weight excluding hydrogens is 572 g/mol. The molecule has 6 rings (SSSR count). The van der Waals surface area contributed by atoms with Crippen molar-refractivity contribution in [2.75, 3.05) is 20.3 Å². The number of rotatable bonds is 8. The van der Waals surface area contributed by atoms with E-state index in [1.165, 1.54) is 5.57 Å². The van der Waals surface area contributed by atoms with Crippen LogP contribution in [0.5, 0.6) is 0 Å². The van der Waals surface area contributed by atoms with Crippen molar-refractivity contribution in [3.8, 4) is 0 Å². The number of allylic oxidation sites excluding steroid dienone is 1. The maximum Gasteiger partial charge on any atom is 0.307 e. The van der Waals surface area contributed by atoms with Gasteiger partial charge in [0.1, 0.15) is 5.01 Å². The number of carboxylic acid groups (broad SMARTS) is 1. The lowest BCUT2D eigenvalue weighted by Gasteiger charge is -2.71. The average Bonchev–Trinajstić information content (AvgIpc) is 3.44. The summed E-state index contributed by atoms with van der Waals surface area (Å²) in [6.45, 7) is 18.5. The second-order valence-electron chi connectivity index (χ2n) is 16.5. The third-order valence-electron chi connectivity index (χ3n) is 14.6. The van der Waals surface area contributed by atoms with E-state index in [-0.39, 0.29) is 45.2 Å². The molecule has 5 aliphatic rings. The molecule has 4 fully saturated rings. The van der Waals surface area contributed by atoms with E-state index in [4.69, 9.17) is 19.9 Å². The number of nitrogens with zero attached hydrogens (tertiary/aromatic N) is 1. The molecule has 0 amide bonds. The predicted octanol–water partition coefficient (Wildman–Crippen LogP) is 7.09. The van der Waals surface area contributed by atoms with Crippen LogP contribution in [0.1, 0.15) is 97.7 Å². The summed E-state index contributed by atoms with van der Waals surface area (Å²) in [5, 5.41) is 13.9. The number of hydrogen-bond donors (Lipinski definition) is 2. The molecule has 2 heterocycles. The lowest BCUT2D eigenvalue weighted by molar-refractivity contribution is -0.269. The fourth-order valence-electron chi connectivity index (χ4n) is 11.8. The number of fused-ring (bicyclic) bond motifs is 3. The monoisotopic (exact) mass is 628 g/mol. The molecule has 0 radical (unpaired) electrons. The van der Waals surface area contributed by atoms with Crippen molar-refractivity contribution in [3.63, 3.8) is 0 Å². The van der Waals surface area contributed by atoms with Gasteiger partial charge in [0.25, 0.3) is 0 Å². The van der Waals surface area contributed by atoms with Crippen molar-refractivity contribution in [2.24, 2.45) is 62.4 Å². The van der Waals surface area contributed by atoms with Crippen molar-refractivity contribution < 1.29 is 24.1 Å². The van der Waals surface area contributed by atoms with E-state index in [2.05, 4.69) is 59.5 Å². The number of carbonyl (C=O) groups is 1. The van der Waals surface area contributed by atoms with Crippen LogP contribution in [0, 0.1) is 56.7 Å². The van der Waals surface area contributed by atoms with Gasteiger partial charge in [-0.1, -0.05) is 60.1 Å². The van der Waals surface area contributed by atoms with E-state index in [1.54, 1.807) is 11.3 Å². The maximum atomic E-state index is 13.3. The molecule has 1 saturated heterocycles. The van der Waals surface area contributed by atoms with Gasteiger partial charge >= 0.3 is 5.97 Å². The van der Waals surface area contributed by atoms with Crippen LogP contribution in [-0.4, -0.2) is 48.6 Å². The summed E-state index contributed by atoms with van der Waals surface area (Å²) in [5.41, 5.74) is 7.33. The summed E-state index contributed by atoms with van der Waals surface area (Å²) in [7, 11) is 1.83. The highest BCUT2D eigenvalue weighted by molar-refractivity contribution is 7.09. The minimum absolute atomic E-state index is 0.0539. The standard InChI is InChI=1S/C36H56N2O5S/c1-21(2)22(3)32(4)13-14-34(6)24-9-10-27-33(5)19-42-20-36(27,25(24)11-12-35(34,7)29(32)31(39)40)15-26(41-8)30(33)43-17-23-18-44-28(16-37)38-23/h11,18,21-22,24,26-27,29-30H,9-10,12-17,19-20,37H2,1-8H3,(H,39,40)/t22-,24+,26-,27+,29-,30+,32-,33+,34-,35+,36-/m1/s1. The molecule has 3 N–H and O–H groups in total. The Labute approximate surface area is 268 Å². The third-order valence-corrected chi connectivity index (χ3v) is 15.5. The predicted molar refractivity (Wildman–Crippen MR) is 173 cm³/mol. The molecule has 1 aromatic rings. The molecular formula is C36H56N2O5S. The summed E-state index contributed by atoms with van der Waals surface area (Å²) >= 11 is 1.59. The Kier molecular flexibility index (Phi) is 8.26. The molecule has 44 heavy (non-hydrogen) atoms. The van der Waals surface area contributed by atoms with Crippen LogP contribution in [0.15, 0.2) is 17.0 Å². The van der Waals surface area contributed by atoms with Gasteiger partial charge < -0.3 is 25.1 Å². The lowest BCUT2D eigenvalue weighted by Crippen LogP contribution is -2.70. The van der Waals surface area contributed by atoms with Crippen molar-refractivity contribution in [1.82, 2.24) is 4.98 Å². The first-order chi connectivity index (χ1) is 20.7. The first-order valence-electron chi connectivity index (χ1n) is 17.0. The minimum Gasteiger partial charge on any atom is -0.481 e. The number of hydrogen-bond acceptors (Lipinski definition) is 7. The van der Waals surface area contributed by atoms with Gasteiger partial charge in [0.15, 0.2) is 0 Å². The first-order valence-corrected chi connectivity index (χ1v) is 17.9. The number of aromatic nitrogens is 1. The number of aliphatic carboxylic acids is 1. The topological polar surface area (TPSA) is 104 Å². The second-order valence-corrected chi connectivity index (χ2v) is 17.4.